The molecule has 3 nitrogen and oxygen atoms in total. The Bertz CT molecular complexity index is 1300. The first-order chi connectivity index (χ1) is 15.4. The molecular weight excluding hydrogens is 439 g/mol. The lowest BCUT2D eigenvalue weighted by Crippen LogP contribution is -2.15. The first-order valence-corrected chi connectivity index (χ1v) is 10.00. The summed E-state index contributed by atoms with van der Waals surface area (Å²) in [5, 5.41) is 10.4. The van der Waals surface area contributed by atoms with Crippen LogP contribution in [-0.4, -0.2) is 14.7 Å². The van der Waals surface area contributed by atoms with Crippen molar-refractivity contribution in [1.82, 2.24) is 9.55 Å². The number of benzene rings is 3. The summed E-state index contributed by atoms with van der Waals surface area (Å²) < 4.78 is 70.1. The largest absolute Gasteiger partial charge is 0.417 e. The van der Waals surface area contributed by atoms with E-state index in [1.165, 1.54) is 54.9 Å². The van der Waals surface area contributed by atoms with Crippen LogP contribution in [0.2, 0.25) is 0 Å². The van der Waals surface area contributed by atoms with Crippen molar-refractivity contribution in [1.29, 1.82) is 0 Å². The van der Waals surface area contributed by atoms with E-state index in [1.54, 1.807) is 12.1 Å². The standard InChI is InChI=1S/C25H19F5N2O/c1-24(2,33)22-14-32(23(31-22)18-5-3-4-6-20(18)25(28,29)30)17-10-7-15(8-11-17)19-13-16(26)9-12-21(19)27/h3-14,33H,1-2H3. The summed E-state index contributed by atoms with van der Waals surface area (Å²) >= 11 is 0. The highest BCUT2D eigenvalue weighted by atomic mass is 19.4. The molecule has 0 radical (unpaired) electrons. The van der Waals surface area contributed by atoms with Crippen LogP contribution in [0.3, 0.4) is 0 Å². The highest BCUT2D eigenvalue weighted by Crippen LogP contribution is 2.38. The molecule has 0 saturated heterocycles. The maximum atomic E-state index is 14.1. The maximum Gasteiger partial charge on any atom is 0.417 e. The van der Waals surface area contributed by atoms with Crippen molar-refractivity contribution in [2.24, 2.45) is 0 Å². The molecule has 0 aliphatic heterocycles. The van der Waals surface area contributed by atoms with Crippen LogP contribution in [0.15, 0.2) is 72.9 Å². The molecule has 4 aromatic rings. The molecule has 0 unspecified atom stereocenters. The van der Waals surface area contributed by atoms with Crippen molar-refractivity contribution in [3.05, 3.63) is 95.8 Å². The second kappa shape index (κ2) is 8.12. The SMILES string of the molecule is CC(C)(O)c1cn(-c2ccc(-c3cc(F)ccc3F)cc2)c(-c2ccccc2C(F)(F)F)n1. The Labute approximate surface area is 186 Å². The van der Waals surface area contributed by atoms with Crippen molar-refractivity contribution in [2.45, 2.75) is 25.6 Å². The van der Waals surface area contributed by atoms with Crippen LogP contribution in [0.5, 0.6) is 0 Å². The molecule has 0 amide bonds. The van der Waals surface area contributed by atoms with Crippen molar-refractivity contribution in [2.75, 3.05) is 0 Å². The van der Waals surface area contributed by atoms with Crippen molar-refractivity contribution in [3.8, 4) is 28.2 Å². The molecule has 8 heteroatoms. The Hall–Kier alpha value is -3.52. The number of rotatable bonds is 4. The number of imidazole rings is 1. The Balaban J connectivity index is 1.87. The van der Waals surface area contributed by atoms with E-state index in [2.05, 4.69) is 4.98 Å². The Kier molecular flexibility index (Phi) is 5.57. The Morgan fingerprint density at radius 3 is 2.15 bits per heavy atom. The van der Waals surface area contributed by atoms with E-state index < -0.39 is 29.0 Å². The third kappa shape index (κ3) is 4.52. The number of nitrogens with zero attached hydrogens (tertiary/aromatic N) is 2. The summed E-state index contributed by atoms with van der Waals surface area (Å²) in [7, 11) is 0. The Morgan fingerprint density at radius 1 is 0.848 bits per heavy atom. The van der Waals surface area contributed by atoms with Gasteiger partial charge in [-0.05, 0) is 55.8 Å². The van der Waals surface area contributed by atoms with Crippen molar-refractivity contribution in [3.63, 3.8) is 0 Å². The molecule has 0 bridgehead atoms. The quantitative estimate of drug-likeness (QED) is 0.344. The molecule has 1 aromatic heterocycles. The van der Waals surface area contributed by atoms with E-state index in [4.69, 9.17) is 0 Å². The molecular formula is C25H19F5N2O. The number of hydrogen-bond donors (Lipinski definition) is 1. The van der Waals surface area contributed by atoms with Crippen LogP contribution < -0.4 is 0 Å². The first-order valence-electron chi connectivity index (χ1n) is 10.00. The number of alkyl halides is 3. The molecule has 3 aromatic carbocycles. The molecule has 0 aliphatic carbocycles. The number of aliphatic hydroxyl groups is 1. The second-order valence-corrected chi connectivity index (χ2v) is 8.09. The molecule has 4 rings (SSSR count). The molecule has 0 saturated carbocycles. The summed E-state index contributed by atoms with van der Waals surface area (Å²) in [4.78, 5) is 4.31. The Morgan fingerprint density at radius 2 is 1.52 bits per heavy atom. The summed E-state index contributed by atoms with van der Waals surface area (Å²) in [5.74, 6) is -1.20. The molecule has 1 heterocycles. The van der Waals surface area contributed by atoms with Gasteiger partial charge in [-0.25, -0.2) is 13.8 Å². The van der Waals surface area contributed by atoms with Crippen LogP contribution in [0.25, 0.3) is 28.2 Å². The minimum absolute atomic E-state index is 0.00950. The number of halogens is 5. The van der Waals surface area contributed by atoms with E-state index in [1.807, 2.05) is 0 Å². The highest BCUT2D eigenvalue weighted by Gasteiger charge is 2.35. The summed E-state index contributed by atoms with van der Waals surface area (Å²) in [5.41, 5.74) is -1.35. The average Bonchev–Trinajstić information content (AvgIpc) is 3.21. The van der Waals surface area contributed by atoms with Gasteiger partial charge in [0, 0.05) is 23.0 Å². The zero-order chi connectivity index (χ0) is 24.0. The molecule has 0 spiro atoms. The summed E-state index contributed by atoms with van der Waals surface area (Å²) in [6.07, 6.45) is -3.15. The van der Waals surface area contributed by atoms with Crippen molar-refractivity contribution < 1.29 is 27.1 Å². The molecule has 170 valence electrons. The lowest BCUT2D eigenvalue weighted by Gasteiger charge is -2.14. The minimum Gasteiger partial charge on any atom is -0.384 e. The molecule has 0 fully saturated rings. The van der Waals surface area contributed by atoms with Gasteiger partial charge in [-0.15, -0.1) is 0 Å². The van der Waals surface area contributed by atoms with E-state index in [0.717, 1.165) is 24.3 Å². The zero-order valence-electron chi connectivity index (χ0n) is 17.7. The zero-order valence-corrected chi connectivity index (χ0v) is 17.7. The fourth-order valence-electron chi connectivity index (χ4n) is 3.51. The van der Waals surface area contributed by atoms with Gasteiger partial charge in [0.25, 0.3) is 0 Å². The maximum absolute atomic E-state index is 14.1. The predicted octanol–water partition coefficient (Wildman–Crippen LogP) is 6.73. The van der Waals surface area contributed by atoms with Gasteiger partial charge >= 0.3 is 6.18 Å². The third-order valence-electron chi connectivity index (χ3n) is 5.19. The van der Waals surface area contributed by atoms with Gasteiger partial charge in [-0.2, -0.15) is 13.2 Å². The summed E-state index contributed by atoms with van der Waals surface area (Å²) in [6.45, 7) is 2.96. The van der Waals surface area contributed by atoms with E-state index in [0.29, 0.717) is 11.3 Å². The minimum atomic E-state index is -4.61. The van der Waals surface area contributed by atoms with Crippen LogP contribution in [0.4, 0.5) is 22.0 Å². The van der Waals surface area contributed by atoms with Crippen LogP contribution in [-0.2, 0) is 11.8 Å². The molecule has 33 heavy (non-hydrogen) atoms. The molecule has 0 atom stereocenters. The predicted molar refractivity (Wildman–Crippen MR) is 115 cm³/mol. The van der Waals surface area contributed by atoms with Gasteiger partial charge < -0.3 is 5.11 Å². The van der Waals surface area contributed by atoms with Crippen LogP contribution in [0.1, 0.15) is 25.1 Å². The van der Waals surface area contributed by atoms with Gasteiger partial charge in [-0.3, -0.25) is 4.57 Å². The molecule has 1 N–H and O–H groups in total. The summed E-state index contributed by atoms with van der Waals surface area (Å²) in [6, 6.07) is 14.4. The lowest BCUT2D eigenvalue weighted by atomic mass is 10.0. The number of hydrogen-bond acceptors (Lipinski definition) is 2. The second-order valence-electron chi connectivity index (χ2n) is 8.09. The normalized spacial score (nSPS) is 12.2. The monoisotopic (exact) mass is 458 g/mol. The lowest BCUT2D eigenvalue weighted by molar-refractivity contribution is -0.137. The van der Waals surface area contributed by atoms with E-state index >= 15 is 0 Å². The van der Waals surface area contributed by atoms with E-state index in [9.17, 15) is 27.1 Å². The highest BCUT2D eigenvalue weighted by molar-refractivity contribution is 5.68. The third-order valence-corrected chi connectivity index (χ3v) is 5.19. The van der Waals surface area contributed by atoms with Gasteiger partial charge in [-0.1, -0.05) is 30.3 Å². The van der Waals surface area contributed by atoms with Gasteiger partial charge in [0.2, 0.25) is 0 Å². The topological polar surface area (TPSA) is 38.0 Å². The van der Waals surface area contributed by atoms with Crippen LogP contribution in [0, 0.1) is 11.6 Å². The fraction of sp³-hybridized carbons (Fsp3) is 0.160. The van der Waals surface area contributed by atoms with Crippen LogP contribution >= 0.6 is 0 Å². The van der Waals surface area contributed by atoms with Gasteiger partial charge in [0.05, 0.1) is 11.3 Å². The van der Waals surface area contributed by atoms with Gasteiger partial charge in [0.1, 0.15) is 23.1 Å². The van der Waals surface area contributed by atoms with Gasteiger partial charge in [0.15, 0.2) is 0 Å². The van der Waals surface area contributed by atoms with Crippen molar-refractivity contribution >= 4 is 0 Å². The molecule has 0 aliphatic rings. The number of aromatic nitrogens is 2. The first kappa shape index (κ1) is 22.7. The fourth-order valence-corrected chi connectivity index (χ4v) is 3.51. The average molecular weight is 458 g/mol. The smallest absolute Gasteiger partial charge is 0.384 e. The van der Waals surface area contributed by atoms with E-state index in [-0.39, 0.29) is 22.6 Å².